The predicted molar refractivity (Wildman–Crippen MR) is 61.8 cm³/mol. The largest absolute Gasteiger partial charge is 0.323 e. The molecule has 0 radical (unpaired) electrons. The third-order valence-electron chi connectivity index (χ3n) is 3.15. The van der Waals surface area contributed by atoms with Gasteiger partial charge >= 0.3 is 0 Å². The summed E-state index contributed by atoms with van der Waals surface area (Å²) in [4.78, 5) is 0. The second-order valence-electron chi connectivity index (χ2n) is 4.06. The molecule has 0 saturated carbocycles. The molecule has 1 aliphatic carbocycles. The molecule has 0 saturated heterocycles. The Morgan fingerprint density at radius 1 is 1.29 bits per heavy atom. The summed E-state index contributed by atoms with van der Waals surface area (Å²) in [5, 5.41) is 8.04. The van der Waals surface area contributed by atoms with Crippen molar-refractivity contribution in [3.63, 3.8) is 0 Å². The van der Waals surface area contributed by atoms with E-state index in [1.165, 1.54) is 30.4 Å². The average molecular weight is 194 g/mol. The average Bonchev–Trinajstić information content (AvgIpc) is 2.19. The zero-order chi connectivity index (χ0) is 10.6. The van der Waals surface area contributed by atoms with E-state index in [1.54, 1.807) is 0 Å². The van der Waals surface area contributed by atoms with Gasteiger partial charge in [0.05, 0.1) is 5.71 Å². The molecule has 0 aliphatic heterocycles. The number of rotatable bonds is 2. The van der Waals surface area contributed by atoms with Crippen LogP contribution in [-0.2, 0) is 0 Å². The highest BCUT2D eigenvalue weighted by Crippen LogP contribution is 2.24. The van der Waals surface area contributed by atoms with Gasteiger partial charge in [-0.1, -0.05) is 25.8 Å². The molecule has 14 heavy (non-hydrogen) atoms. The first kappa shape index (κ1) is 11.4. The van der Waals surface area contributed by atoms with Crippen LogP contribution in [0.25, 0.3) is 0 Å². The van der Waals surface area contributed by atoms with E-state index in [0.717, 1.165) is 19.3 Å². The van der Waals surface area contributed by atoms with Gasteiger partial charge in [0.15, 0.2) is 0 Å². The van der Waals surface area contributed by atoms with Crippen LogP contribution >= 0.6 is 0 Å². The van der Waals surface area contributed by atoms with Crippen molar-refractivity contribution in [2.75, 3.05) is 0 Å². The molecule has 0 aromatic carbocycles. The van der Waals surface area contributed by atoms with Gasteiger partial charge in [0.25, 0.3) is 0 Å². The number of allylic oxidation sites excluding steroid dienone is 1. The smallest absolute Gasteiger partial charge is 0.0512 e. The minimum Gasteiger partial charge on any atom is -0.323 e. The van der Waals surface area contributed by atoms with Gasteiger partial charge in [-0.2, -0.15) is 0 Å². The van der Waals surface area contributed by atoms with Crippen LogP contribution in [0, 0.1) is 5.41 Å². The molecule has 0 spiro atoms. The highest BCUT2D eigenvalue weighted by molar-refractivity contribution is 6.02. The first-order valence-corrected chi connectivity index (χ1v) is 5.76. The van der Waals surface area contributed by atoms with E-state index in [4.69, 9.17) is 11.1 Å². The highest BCUT2D eigenvalue weighted by atomic mass is 14.7. The minimum absolute atomic E-state index is 0.0215. The van der Waals surface area contributed by atoms with E-state index in [1.807, 2.05) is 0 Å². The second-order valence-corrected chi connectivity index (χ2v) is 4.06. The molecule has 0 aromatic rings. The lowest BCUT2D eigenvalue weighted by atomic mass is 9.87. The molecule has 1 rings (SSSR count). The maximum absolute atomic E-state index is 8.04. The van der Waals surface area contributed by atoms with Crippen molar-refractivity contribution in [3.05, 3.63) is 11.1 Å². The van der Waals surface area contributed by atoms with E-state index < -0.39 is 0 Å². The summed E-state index contributed by atoms with van der Waals surface area (Å²) in [6.45, 7) is 4.32. The summed E-state index contributed by atoms with van der Waals surface area (Å²) in [5.41, 5.74) is 9.37. The van der Waals surface area contributed by atoms with Crippen LogP contribution in [0.5, 0.6) is 0 Å². The van der Waals surface area contributed by atoms with Crippen LogP contribution in [0.2, 0.25) is 0 Å². The Morgan fingerprint density at radius 3 is 2.57 bits per heavy atom. The Hall–Kier alpha value is -0.630. The number of nitrogens with two attached hydrogens (primary N) is 1. The van der Waals surface area contributed by atoms with Crippen molar-refractivity contribution in [2.24, 2.45) is 5.73 Å². The minimum atomic E-state index is -0.0215. The Labute approximate surface area is 87.1 Å². The first-order valence-electron chi connectivity index (χ1n) is 5.76. The Balaban J connectivity index is 2.95. The molecular formula is C12H22N2. The second kappa shape index (κ2) is 5.30. The normalized spacial score (nSPS) is 24.8. The standard InChI is InChI=1S/C12H22N2/c1-3-9-7-5-6-8-11(13)12(14)10(9)4-2/h11,14H,3-8,13H2,1-2H3. The molecule has 0 bridgehead atoms. The summed E-state index contributed by atoms with van der Waals surface area (Å²) >= 11 is 0. The van der Waals surface area contributed by atoms with Gasteiger partial charge in [0, 0.05) is 6.04 Å². The molecule has 1 unspecified atom stereocenters. The lowest BCUT2D eigenvalue weighted by Crippen LogP contribution is -2.32. The van der Waals surface area contributed by atoms with Crippen LogP contribution in [0.3, 0.4) is 0 Å². The van der Waals surface area contributed by atoms with Gasteiger partial charge in [-0.25, -0.2) is 0 Å². The van der Waals surface area contributed by atoms with Crippen LogP contribution < -0.4 is 5.73 Å². The SMILES string of the molecule is CCC1=C(CC)C(=N)C(N)CCCC1. The van der Waals surface area contributed by atoms with Crippen LogP contribution in [0.4, 0.5) is 0 Å². The van der Waals surface area contributed by atoms with Crippen LogP contribution in [-0.4, -0.2) is 11.8 Å². The maximum Gasteiger partial charge on any atom is 0.0512 e. The van der Waals surface area contributed by atoms with Gasteiger partial charge < -0.3 is 11.1 Å². The molecule has 0 heterocycles. The monoisotopic (exact) mass is 194 g/mol. The zero-order valence-electron chi connectivity index (χ0n) is 9.40. The van der Waals surface area contributed by atoms with E-state index in [9.17, 15) is 0 Å². The Bertz CT molecular complexity index is 241. The van der Waals surface area contributed by atoms with Gasteiger partial charge in [0.2, 0.25) is 0 Å². The lowest BCUT2D eigenvalue weighted by molar-refractivity contribution is 0.623. The number of nitrogens with one attached hydrogen (secondary N) is 1. The van der Waals surface area contributed by atoms with E-state index in [-0.39, 0.29) is 6.04 Å². The molecule has 2 heteroatoms. The summed E-state index contributed by atoms with van der Waals surface area (Å²) in [7, 11) is 0. The van der Waals surface area contributed by atoms with Crippen molar-refractivity contribution < 1.29 is 0 Å². The summed E-state index contributed by atoms with van der Waals surface area (Å²) in [6.07, 6.45) is 6.62. The quantitative estimate of drug-likeness (QED) is 0.697. The van der Waals surface area contributed by atoms with Gasteiger partial charge in [-0.3, -0.25) is 0 Å². The summed E-state index contributed by atoms with van der Waals surface area (Å²) < 4.78 is 0. The van der Waals surface area contributed by atoms with E-state index >= 15 is 0 Å². The molecule has 0 amide bonds. The number of hydrogen-bond acceptors (Lipinski definition) is 2. The van der Waals surface area contributed by atoms with Crippen molar-refractivity contribution in [3.8, 4) is 0 Å². The molecule has 1 atom stereocenters. The van der Waals surface area contributed by atoms with Crippen LogP contribution in [0.1, 0.15) is 52.4 Å². The summed E-state index contributed by atoms with van der Waals surface area (Å²) in [5.74, 6) is 0. The fourth-order valence-corrected chi connectivity index (χ4v) is 2.24. The van der Waals surface area contributed by atoms with E-state index in [2.05, 4.69) is 13.8 Å². The first-order chi connectivity index (χ1) is 6.70. The summed E-state index contributed by atoms with van der Waals surface area (Å²) in [6, 6.07) is -0.0215. The highest BCUT2D eigenvalue weighted by Gasteiger charge is 2.18. The molecule has 0 aromatic heterocycles. The molecule has 3 N–H and O–H groups in total. The van der Waals surface area contributed by atoms with E-state index in [0.29, 0.717) is 5.71 Å². The van der Waals surface area contributed by atoms with Crippen molar-refractivity contribution in [2.45, 2.75) is 58.4 Å². The maximum atomic E-state index is 8.04. The van der Waals surface area contributed by atoms with Crippen molar-refractivity contribution >= 4 is 5.71 Å². The predicted octanol–water partition coefficient (Wildman–Crippen LogP) is 3.02. The molecule has 80 valence electrons. The third-order valence-corrected chi connectivity index (χ3v) is 3.15. The lowest BCUT2D eigenvalue weighted by Gasteiger charge is -2.22. The molecule has 1 aliphatic rings. The van der Waals surface area contributed by atoms with Gasteiger partial charge in [-0.15, -0.1) is 0 Å². The molecular weight excluding hydrogens is 172 g/mol. The fourth-order valence-electron chi connectivity index (χ4n) is 2.24. The third kappa shape index (κ3) is 2.44. The number of hydrogen-bond donors (Lipinski definition) is 2. The zero-order valence-corrected chi connectivity index (χ0v) is 9.40. The fraction of sp³-hybridized carbons (Fsp3) is 0.750. The van der Waals surface area contributed by atoms with Gasteiger partial charge in [0.1, 0.15) is 0 Å². The topological polar surface area (TPSA) is 49.9 Å². The molecule has 2 nitrogen and oxygen atoms in total. The van der Waals surface area contributed by atoms with Crippen LogP contribution in [0.15, 0.2) is 11.1 Å². The molecule has 0 fully saturated rings. The van der Waals surface area contributed by atoms with Crippen molar-refractivity contribution in [1.29, 1.82) is 5.41 Å². The van der Waals surface area contributed by atoms with Crippen molar-refractivity contribution in [1.82, 2.24) is 0 Å². The van der Waals surface area contributed by atoms with Gasteiger partial charge in [-0.05, 0) is 37.7 Å². The Kier molecular flexibility index (Phi) is 4.33. The Morgan fingerprint density at radius 2 is 2.00 bits per heavy atom.